The third-order valence-electron chi connectivity index (χ3n) is 5.20. The second kappa shape index (κ2) is 13.2. The first-order valence-electron chi connectivity index (χ1n) is 10.7. The second-order valence-electron chi connectivity index (χ2n) is 7.97. The van der Waals surface area contributed by atoms with Crippen LogP contribution in [-0.4, -0.2) is 58.9 Å². The third-order valence-corrected chi connectivity index (χ3v) is 5.20. The minimum atomic E-state index is -1.21. The van der Waals surface area contributed by atoms with Crippen molar-refractivity contribution in [3.63, 3.8) is 0 Å². The van der Waals surface area contributed by atoms with Gasteiger partial charge in [-0.05, 0) is 18.4 Å². The summed E-state index contributed by atoms with van der Waals surface area (Å²) in [7, 11) is 0. The van der Waals surface area contributed by atoms with E-state index in [9.17, 15) is 29.1 Å². The average Bonchev–Trinajstić information content (AvgIpc) is 2.76. The molecular weight excluding hydrogens is 430 g/mol. The topological polar surface area (TPSA) is 194 Å². The number of nitrogens with one attached hydrogen (secondary N) is 3. The molecular formula is C22H33N5O6. The average molecular weight is 464 g/mol. The van der Waals surface area contributed by atoms with E-state index in [2.05, 4.69) is 16.0 Å². The van der Waals surface area contributed by atoms with E-state index in [1.165, 1.54) is 6.92 Å². The van der Waals surface area contributed by atoms with Crippen LogP contribution in [0.5, 0.6) is 0 Å². The first kappa shape index (κ1) is 27.6. The van der Waals surface area contributed by atoms with E-state index in [1.54, 1.807) is 37.3 Å². The van der Waals surface area contributed by atoms with Crippen molar-refractivity contribution < 1.29 is 29.1 Å². The van der Waals surface area contributed by atoms with Crippen LogP contribution < -0.4 is 27.4 Å². The zero-order chi connectivity index (χ0) is 25.1. The number of hydrogen-bond acceptors (Lipinski definition) is 6. The molecule has 1 rings (SSSR count). The van der Waals surface area contributed by atoms with Crippen LogP contribution in [0.3, 0.4) is 0 Å². The summed E-state index contributed by atoms with van der Waals surface area (Å²) >= 11 is 0. The van der Waals surface area contributed by atoms with E-state index in [4.69, 9.17) is 11.5 Å². The number of hydrogen-bond donors (Lipinski definition) is 6. The summed E-state index contributed by atoms with van der Waals surface area (Å²) in [4.78, 5) is 60.2. The van der Waals surface area contributed by atoms with Crippen molar-refractivity contribution in [2.75, 3.05) is 0 Å². The Bertz CT molecular complexity index is 847. The molecule has 11 nitrogen and oxygen atoms in total. The molecule has 0 aliphatic rings. The number of primary amides is 1. The molecule has 11 heteroatoms. The zero-order valence-electron chi connectivity index (χ0n) is 19.0. The molecule has 0 spiro atoms. The van der Waals surface area contributed by atoms with Gasteiger partial charge in [-0.25, -0.2) is 4.79 Å². The van der Waals surface area contributed by atoms with Gasteiger partial charge in [0, 0.05) is 6.42 Å². The van der Waals surface area contributed by atoms with Gasteiger partial charge in [0.1, 0.15) is 18.1 Å². The predicted molar refractivity (Wildman–Crippen MR) is 120 cm³/mol. The largest absolute Gasteiger partial charge is 0.480 e. The number of carboxylic acids is 1. The fourth-order valence-corrected chi connectivity index (χ4v) is 2.99. The van der Waals surface area contributed by atoms with Crippen molar-refractivity contribution in [2.24, 2.45) is 17.4 Å². The molecule has 0 fully saturated rings. The molecule has 8 N–H and O–H groups in total. The molecule has 0 bridgehead atoms. The SMILES string of the molecule is CCC(C)C(NC(=O)C(C)NC(=O)C(N)CC(N)=O)C(=O)NC(Cc1ccccc1)C(=O)O. The summed E-state index contributed by atoms with van der Waals surface area (Å²) in [6.45, 7) is 4.96. The van der Waals surface area contributed by atoms with Crippen LogP contribution in [0.2, 0.25) is 0 Å². The number of aliphatic carboxylic acids is 1. The van der Waals surface area contributed by atoms with Crippen LogP contribution in [0.1, 0.15) is 39.2 Å². The van der Waals surface area contributed by atoms with E-state index in [0.29, 0.717) is 6.42 Å². The highest BCUT2D eigenvalue weighted by Gasteiger charge is 2.31. The lowest BCUT2D eigenvalue weighted by molar-refractivity contribution is -0.142. The normalized spacial score (nSPS) is 15.3. The van der Waals surface area contributed by atoms with E-state index < -0.39 is 53.8 Å². The minimum absolute atomic E-state index is 0.0767. The number of rotatable bonds is 13. The maximum absolute atomic E-state index is 12.9. The Morgan fingerprint density at radius 2 is 1.55 bits per heavy atom. The summed E-state index contributed by atoms with van der Waals surface area (Å²) in [6, 6.07) is 4.36. The maximum atomic E-state index is 12.9. The minimum Gasteiger partial charge on any atom is -0.480 e. The van der Waals surface area contributed by atoms with Gasteiger partial charge in [-0.3, -0.25) is 19.2 Å². The Hall–Kier alpha value is -3.47. The van der Waals surface area contributed by atoms with Gasteiger partial charge in [-0.15, -0.1) is 0 Å². The molecule has 33 heavy (non-hydrogen) atoms. The molecule has 5 unspecified atom stereocenters. The summed E-state index contributed by atoms with van der Waals surface area (Å²) in [5.41, 5.74) is 11.3. The molecule has 0 radical (unpaired) electrons. The molecule has 0 heterocycles. The summed E-state index contributed by atoms with van der Waals surface area (Å²) in [5.74, 6) is -4.33. The summed E-state index contributed by atoms with van der Waals surface area (Å²) in [6.07, 6.45) is 0.225. The Morgan fingerprint density at radius 1 is 0.939 bits per heavy atom. The molecule has 0 aromatic heterocycles. The smallest absolute Gasteiger partial charge is 0.326 e. The summed E-state index contributed by atoms with van der Waals surface area (Å²) in [5, 5.41) is 17.0. The van der Waals surface area contributed by atoms with Crippen molar-refractivity contribution in [3.8, 4) is 0 Å². The van der Waals surface area contributed by atoms with E-state index in [-0.39, 0.29) is 18.8 Å². The van der Waals surface area contributed by atoms with Crippen molar-refractivity contribution in [1.29, 1.82) is 0 Å². The van der Waals surface area contributed by atoms with E-state index in [1.807, 2.05) is 6.92 Å². The molecule has 0 aliphatic carbocycles. The van der Waals surface area contributed by atoms with Gasteiger partial charge in [0.25, 0.3) is 0 Å². The molecule has 4 amide bonds. The zero-order valence-corrected chi connectivity index (χ0v) is 19.0. The molecule has 5 atom stereocenters. The molecule has 0 saturated heterocycles. The van der Waals surface area contributed by atoms with Gasteiger partial charge in [-0.1, -0.05) is 50.6 Å². The molecule has 182 valence electrons. The molecule has 1 aromatic carbocycles. The van der Waals surface area contributed by atoms with Gasteiger partial charge >= 0.3 is 5.97 Å². The van der Waals surface area contributed by atoms with E-state index in [0.717, 1.165) is 5.56 Å². The number of benzene rings is 1. The lowest BCUT2D eigenvalue weighted by Crippen LogP contribution is -2.58. The fourth-order valence-electron chi connectivity index (χ4n) is 2.99. The number of carbonyl (C=O) groups is 5. The predicted octanol–water partition coefficient (Wildman–Crippen LogP) is -0.963. The fraction of sp³-hybridized carbons (Fsp3) is 0.500. The Kier molecular flexibility index (Phi) is 11.0. The third kappa shape index (κ3) is 9.27. The van der Waals surface area contributed by atoms with Crippen molar-refractivity contribution in [1.82, 2.24) is 16.0 Å². The van der Waals surface area contributed by atoms with Crippen LogP contribution in [0.15, 0.2) is 30.3 Å². The van der Waals surface area contributed by atoms with Crippen molar-refractivity contribution in [2.45, 2.75) is 64.2 Å². The van der Waals surface area contributed by atoms with Crippen LogP contribution in [-0.2, 0) is 30.4 Å². The van der Waals surface area contributed by atoms with Gasteiger partial charge in [0.2, 0.25) is 23.6 Å². The highest BCUT2D eigenvalue weighted by atomic mass is 16.4. The van der Waals surface area contributed by atoms with Gasteiger partial charge < -0.3 is 32.5 Å². The van der Waals surface area contributed by atoms with Gasteiger partial charge in [0.15, 0.2) is 0 Å². The first-order valence-corrected chi connectivity index (χ1v) is 10.7. The van der Waals surface area contributed by atoms with Gasteiger partial charge in [0.05, 0.1) is 12.5 Å². The maximum Gasteiger partial charge on any atom is 0.326 e. The quantitative estimate of drug-likeness (QED) is 0.217. The standard InChI is InChI=1S/C22H33N5O6/c1-4-12(2)18(27-19(29)13(3)25-20(30)15(23)11-17(24)28)21(31)26-16(22(32)33)10-14-8-6-5-7-9-14/h5-9,12-13,15-16,18H,4,10-11,23H2,1-3H3,(H2,24,28)(H,25,30)(H,26,31)(H,27,29)(H,32,33). The number of amides is 4. The van der Waals surface area contributed by atoms with Crippen molar-refractivity contribution >= 4 is 29.6 Å². The highest BCUT2D eigenvalue weighted by Crippen LogP contribution is 2.10. The Labute approximate surface area is 192 Å². The number of carbonyl (C=O) groups excluding carboxylic acids is 4. The van der Waals surface area contributed by atoms with Crippen molar-refractivity contribution in [3.05, 3.63) is 35.9 Å². The molecule has 0 aliphatic heterocycles. The Balaban J connectivity index is 2.85. The Morgan fingerprint density at radius 3 is 2.06 bits per heavy atom. The lowest BCUT2D eigenvalue weighted by Gasteiger charge is -2.27. The summed E-state index contributed by atoms with van der Waals surface area (Å²) < 4.78 is 0. The second-order valence-corrected chi connectivity index (χ2v) is 7.97. The van der Waals surface area contributed by atoms with Crippen LogP contribution in [0, 0.1) is 5.92 Å². The number of carboxylic acid groups (broad SMARTS) is 1. The van der Waals surface area contributed by atoms with Crippen LogP contribution in [0.25, 0.3) is 0 Å². The molecule has 0 saturated carbocycles. The molecule has 1 aromatic rings. The van der Waals surface area contributed by atoms with E-state index >= 15 is 0 Å². The van der Waals surface area contributed by atoms with Crippen LogP contribution in [0.4, 0.5) is 0 Å². The van der Waals surface area contributed by atoms with Gasteiger partial charge in [-0.2, -0.15) is 0 Å². The first-order chi connectivity index (χ1) is 15.5. The highest BCUT2D eigenvalue weighted by molar-refractivity contribution is 5.94. The monoisotopic (exact) mass is 463 g/mol. The lowest BCUT2D eigenvalue weighted by atomic mass is 9.97. The number of nitrogens with two attached hydrogens (primary N) is 2. The van der Waals surface area contributed by atoms with Crippen LogP contribution >= 0.6 is 0 Å².